The van der Waals surface area contributed by atoms with Gasteiger partial charge < -0.3 is 9.88 Å². The van der Waals surface area contributed by atoms with Gasteiger partial charge in [0.05, 0.1) is 31.2 Å². The van der Waals surface area contributed by atoms with E-state index in [1.165, 1.54) is 0 Å². The Hall–Kier alpha value is -2.44. The van der Waals surface area contributed by atoms with Crippen molar-refractivity contribution in [2.45, 2.75) is 0 Å². The lowest BCUT2D eigenvalue weighted by Crippen LogP contribution is -2.55. The predicted molar refractivity (Wildman–Crippen MR) is 89.8 cm³/mol. The van der Waals surface area contributed by atoms with Crippen LogP contribution in [0.3, 0.4) is 0 Å². The highest BCUT2D eigenvalue weighted by Crippen LogP contribution is 2.23. The van der Waals surface area contributed by atoms with Crippen LogP contribution < -0.4 is 10.5 Å². The number of fused-ring (bicyclic) bond motifs is 3. The van der Waals surface area contributed by atoms with Crippen molar-refractivity contribution in [2.75, 3.05) is 38.1 Å². The number of likely N-dealkylation sites (N-methyl/N-ethyl adjacent to an activating group) is 1. The number of aromatic nitrogens is 2. The normalized spacial score (nSPS) is 17.7. The third-order valence-corrected chi connectivity index (χ3v) is 4.58. The molecule has 1 saturated heterocycles. The molecule has 1 aliphatic rings. The summed E-state index contributed by atoms with van der Waals surface area (Å²) in [6.45, 7) is 2.86. The molecule has 1 aliphatic heterocycles. The van der Waals surface area contributed by atoms with Crippen LogP contribution >= 0.6 is 0 Å². The Morgan fingerprint density at radius 2 is 1.83 bits per heavy atom. The van der Waals surface area contributed by atoms with Gasteiger partial charge in [0.25, 0.3) is 5.56 Å². The highest BCUT2D eigenvalue weighted by molar-refractivity contribution is 6.03. The number of H-pyrrole nitrogens is 1. The lowest BCUT2D eigenvalue weighted by atomic mass is 10.1. The number of hydrogen-bond acceptors (Lipinski definition) is 4. The number of hydrogen-bond donors (Lipinski definition) is 2. The average molecular weight is 311 g/mol. The molecule has 0 spiro atoms. The van der Waals surface area contributed by atoms with Crippen molar-refractivity contribution in [3.8, 4) is 0 Å². The Labute approximate surface area is 133 Å². The molecule has 1 fully saturated rings. The van der Waals surface area contributed by atoms with E-state index in [0.29, 0.717) is 18.5 Å². The van der Waals surface area contributed by atoms with E-state index in [0.717, 1.165) is 35.3 Å². The molecule has 6 heteroatoms. The molecule has 2 aromatic heterocycles. The highest BCUT2D eigenvalue weighted by atomic mass is 16.5. The first-order valence-corrected chi connectivity index (χ1v) is 7.78. The maximum atomic E-state index is 12.1. The van der Waals surface area contributed by atoms with Crippen LogP contribution in [-0.2, 0) is 0 Å². The summed E-state index contributed by atoms with van der Waals surface area (Å²) < 4.78 is 0.0559. The number of quaternary nitrogens is 1. The first kappa shape index (κ1) is 14.2. The van der Waals surface area contributed by atoms with Crippen molar-refractivity contribution in [3.05, 3.63) is 46.8 Å². The SMILES string of the molecule is C[N+]1(O)CCN(c2ccc3[nH]c(=O)c4ccccc4c3n2)CC1. The zero-order chi connectivity index (χ0) is 16.0. The minimum atomic E-state index is -0.0889. The first-order valence-electron chi connectivity index (χ1n) is 7.78. The van der Waals surface area contributed by atoms with Gasteiger partial charge in [-0.3, -0.25) is 4.79 Å². The zero-order valence-corrected chi connectivity index (χ0v) is 13.0. The number of aromatic amines is 1. The van der Waals surface area contributed by atoms with Crippen LogP contribution in [0, 0.1) is 0 Å². The van der Waals surface area contributed by atoms with E-state index in [1.807, 2.05) is 43.4 Å². The lowest BCUT2D eigenvalue weighted by molar-refractivity contribution is -1.09. The van der Waals surface area contributed by atoms with Crippen molar-refractivity contribution in [2.24, 2.45) is 0 Å². The maximum Gasteiger partial charge on any atom is 0.256 e. The third kappa shape index (κ3) is 2.46. The van der Waals surface area contributed by atoms with Crippen molar-refractivity contribution >= 4 is 27.6 Å². The number of nitrogens with zero attached hydrogens (tertiary/aromatic N) is 3. The molecule has 2 N–H and O–H groups in total. The van der Waals surface area contributed by atoms with E-state index >= 15 is 0 Å². The van der Waals surface area contributed by atoms with Crippen molar-refractivity contribution in [3.63, 3.8) is 0 Å². The summed E-state index contributed by atoms with van der Waals surface area (Å²) in [5.41, 5.74) is 1.47. The van der Waals surface area contributed by atoms with Crippen LogP contribution in [0.25, 0.3) is 21.8 Å². The van der Waals surface area contributed by atoms with Crippen molar-refractivity contribution < 1.29 is 9.85 Å². The van der Waals surface area contributed by atoms with Gasteiger partial charge in [0.2, 0.25) is 0 Å². The number of pyridine rings is 2. The summed E-state index contributed by atoms with van der Waals surface area (Å²) in [4.78, 5) is 22.0. The Balaban J connectivity index is 1.83. The molecule has 1 aromatic carbocycles. The maximum absolute atomic E-state index is 12.1. The number of hydroxylamine groups is 3. The highest BCUT2D eigenvalue weighted by Gasteiger charge is 2.27. The second kappa shape index (κ2) is 5.04. The minimum absolute atomic E-state index is 0.0559. The van der Waals surface area contributed by atoms with E-state index in [2.05, 4.69) is 9.88 Å². The predicted octanol–water partition coefficient (Wildman–Crippen LogP) is 1.73. The Bertz CT molecular complexity index is 938. The van der Waals surface area contributed by atoms with Gasteiger partial charge in [-0.05, 0) is 18.2 Å². The number of nitrogens with one attached hydrogen (secondary N) is 1. The molecular formula is C17H19N4O2+. The van der Waals surface area contributed by atoms with Gasteiger partial charge in [-0.15, -0.1) is 0 Å². The van der Waals surface area contributed by atoms with Crippen molar-refractivity contribution in [1.29, 1.82) is 0 Å². The van der Waals surface area contributed by atoms with E-state index in [4.69, 9.17) is 4.98 Å². The molecule has 4 rings (SSSR count). The van der Waals surface area contributed by atoms with Crippen LogP contribution in [0.4, 0.5) is 5.82 Å². The number of piperazine rings is 1. The summed E-state index contributed by atoms with van der Waals surface area (Å²) >= 11 is 0. The van der Waals surface area contributed by atoms with E-state index < -0.39 is 0 Å². The van der Waals surface area contributed by atoms with E-state index in [9.17, 15) is 10.0 Å². The Kier molecular flexibility index (Phi) is 3.11. The fraction of sp³-hybridized carbons (Fsp3) is 0.294. The largest absolute Gasteiger partial charge is 0.345 e. The topological polar surface area (TPSA) is 69.2 Å². The first-order chi connectivity index (χ1) is 11.0. The second-order valence-electron chi connectivity index (χ2n) is 6.34. The smallest absolute Gasteiger partial charge is 0.256 e. The van der Waals surface area contributed by atoms with Gasteiger partial charge in [-0.1, -0.05) is 18.2 Å². The summed E-state index contributed by atoms with van der Waals surface area (Å²) in [6.07, 6.45) is 0. The number of rotatable bonds is 1. The zero-order valence-electron chi connectivity index (χ0n) is 13.0. The Morgan fingerprint density at radius 1 is 1.13 bits per heavy atom. The Morgan fingerprint density at radius 3 is 2.57 bits per heavy atom. The average Bonchev–Trinajstić information content (AvgIpc) is 2.55. The molecule has 3 heterocycles. The van der Waals surface area contributed by atoms with E-state index in [1.54, 1.807) is 0 Å². The van der Waals surface area contributed by atoms with Gasteiger partial charge in [-0.25, -0.2) is 10.2 Å². The fourth-order valence-electron chi connectivity index (χ4n) is 3.13. The molecule has 118 valence electrons. The molecule has 0 saturated carbocycles. The van der Waals surface area contributed by atoms with Crippen LogP contribution in [0.1, 0.15) is 0 Å². The second-order valence-corrected chi connectivity index (χ2v) is 6.34. The standard InChI is InChI=1S/C17H18N4O2/c1-21(23)10-8-20(9-11-21)15-7-6-14-16(19-15)12-4-2-3-5-13(12)17(22)18-14/h2-7,23H,8-11H2,1H3/p+1. The fourth-order valence-corrected chi connectivity index (χ4v) is 3.13. The molecule has 0 amide bonds. The minimum Gasteiger partial charge on any atom is -0.345 e. The van der Waals surface area contributed by atoms with Gasteiger partial charge in [0, 0.05) is 10.8 Å². The van der Waals surface area contributed by atoms with Crippen molar-refractivity contribution in [1.82, 2.24) is 9.97 Å². The molecule has 0 bridgehead atoms. The monoisotopic (exact) mass is 311 g/mol. The third-order valence-electron chi connectivity index (χ3n) is 4.58. The lowest BCUT2D eigenvalue weighted by Gasteiger charge is -2.36. The molecule has 3 aromatic rings. The van der Waals surface area contributed by atoms with Crippen LogP contribution in [0.5, 0.6) is 0 Å². The summed E-state index contributed by atoms with van der Waals surface area (Å²) in [5.74, 6) is 0.884. The van der Waals surface area contributed by atoms with Gasteiger partial charge in [0.1, 0.15) is 18.9 Å². The molecule has 0 aliphatic carbocycles. The van der Waals surface area contributed by atoms with Crippen LogP contribution in [0.2, 0.25) is 0 Å². The van der Waals surface area contributed by atoms with Crippen LogP contribution in [0.15, 0.2) is 41.2 Å². The molecule has 0 atom stereocenters. The molecule has 23 heavy (non-hydrogen) atoms. The quantitative estimate of drug-likeness (QED) is 0.530. The summed E-state index contributed by atoms with van der Waals surface area (Å²) in [5, 5.41) is 11.6. The molecule has 0 radical (unpaired) electrons. The van der Waals surface area contributed by atoms with Gasteiger partial charge >= 0.3 is 0 Å². The number of anilines is 1. The molecular weight excluding hydrogens is 292 g/mol. The van der Waals surface area contributed by atoms with Gasteiger partial charge in [-0.2, -0.15) is 4.65 Å². The number of benzene rings is 1. The summed E-state index contributed by atoms with van der Waals surface area (Å²) in [7, 11) is 1.82. The molecule has 0 unspecified atom stereocenters. The van der Waals surface area contributed by atoms with Crippen LogP contribution in [-0.4, -0.2) is 53.0 Å². The molecule has 6 nitrogen and oxygen atoms in total. The van der Waals surface area contributed by atoms with E-state index in [-0.39, 0.29) is 10.2 Å². The summed E-state index contributed by atoms with van der Waals surface area (Å²) in [6, 6.07) is 11.4. The van der Waals surface area contributed by atoms with Gasteiger partial charge in [0.15, 0.2) is 0 Å².